The largest absolute Gasteiger partial charge is 0.494 e. The predicted octanol–water partition coefficient (Wildman–Crippen LogP) is 3.59. The SMILES string of the molecule is O=C(NCCCOc1ccc(F)cc1)c1ccc(CS(=O)(=O)c2ccccc2)o1. The molecule has 1 N–H and O–H groups in total. The van der Waals surface area contributed by atoms with E-state index in [0.717, 1.165) is 0 Å². The Labute approximate surface area is 168 Å². The van der Waals surface area contributed by atoms with Crippen LogP contribution in [0.25, 0.3) is 0 Å². The molecule has 0 fully saturated rings. The minimum atomic E-state index is -3.54. The molecule has 152 valence electrons. The standard InChI is InChI=1S/C21H20FNO5S/c22-16-7-9-17(10-8-16)27-14-4-13-23-21(24)20-12-11-18(28-20)15-29(25,26)19-5-2-1-3-6-19/h1-3,5-12H,4,13-15H2,(H,23,24). The van der Waals surface area contributed by atoms with Crippen molar-refractivity contribution in [3.8, 4) is 5.75 Å². The molecule has 0 saturated carbocycles. The van der Waals surface area contributed by atoms with Gasteiger partial charge in [0.2, 0.25) is 0 Å². The third-order valence-electron chi connectivity index (χ3n) is 4.01. The van der Waals surface area contributed by atoms with Crippen LogP contribution in [0.2, 0.25) is 0 Å². The summed E-state index contributed by atoms with van der Waals surface area (Å²) >= 11 is 0. The number of carbonyl (C=O) groups is 1. The van der Waals surface area contributed by atoms with E-state index in [1.165, 1.54) is 48.5 Å². The number of carbonyl (C=O) groups excluding carboxylic acids is 1. The van der Waals surface area contributed by atoms with E-state index in [9.17, 15) is 17.6 Å². The minimum absolute atomic E-state index is 0.0442. The van der Waals surface area contributed by atoms with E-state index in [4.69, 9.17) is 9.15 Å². The van der Waals surface area contributed by atoms with Gasteiger partial charge in [-0.25, -0.2) is 12.8 Å². The summed E-state index contributed by atoms with van der Waals surface area (Å²) in [5.74, 6) is -0.306. The maximum absolute atomic E-state index is 12.8. The first kappa shape index (κ1) is 20.6. The van der Waals surface area contributed by atoms with Crippen molar-refractivity contribution in [2.24, 2.45) is 0 Å². The van der Waals surface area contributed by atoms with Crippen molar-refractivity contribution in [2.45, 2.75) is 17.1 Å². The van der Waals surface area contributed by atoms with Crippen LogP contribution in [0.4, 0.5) is 4.39 Å². The highest BCUT2D eigenvalue weighted by atomic mass is 32.2. The van der Waals surface area contributed by atoms with Crippen molar-refractivity contribution < 1.29 is 26.8 Å². The van der Waals surface area contributed by atoms with Gasteiger partial charge in [-0.15, -0.1) is 0 Å². The molecule has 8 heteroatoms. The highest BCUT2D eigenvalue weighted by Crippen LogP contribution is 2.18. The first-order valence-electron chi connectivity index (χ1n) is 8.97. The summed E-state index contributed by atoms with van der Waals surface area (Å²) in [5, 5.41) is 2.68. The molecule has 3 aromatic rings. The average molecular weight is 417 g/mol. The molecule has 29 heavy (non-hydrogen) atoms. The lowest BCUT2D eigenvalue weighted by Crippen LogP contribution is -2.25. The van der Waals surface area contributed by atoms with E-state index in [0.29, 0.717) is 25.3 Å². The third-order valence-corrected chi connectivity index (χ3v) is 5.66. The fourth-order valence-corrected chi connectivity index (χ4v) is 3.83. The topological polar surface area (TPSA) is 85.6 Å². The van der Waals surface area contributed by atoms with E-state index in [-0.39, 0.29) is 28.0 Å². The first-order chi connectivity index (χ1) is 13.9. The maximum Gasteiger partial charge on any atom is 0.286 e. The number of benzene rings is 2. The van der Waals surface area contributed by atoms with Gasteiger partial charge in [0.1, 0.15) is 23.1 Å². The molecule has 0 atom stereocenters. The third kappa shape index (κ3) is 5.92. The summed E-state index contributed by atoms with van der Waals surface area (Å²) in [6.45, 7) is 0.697. The first-order valence-corrected chi connectivity index (χ1v) is 10.6. The van der Waals surface area contributed by atoms with Gasteiger partial charge in [-0.1, -0.05) is 18.2 Å². The zero-order chi connectivity index (χ0) is 20.7. The Bertz CT molecular complexity index is 1050. The molecule has 6 nitrogen and oxygen atoms in total. The lowest BCUT2D eigenvalue weighted by atomic mass is 10.3. The number of amides is 1. The second-order valence-electron chi connectivity index (χ2n) is 6.25. The molecule has 1 amide bonds. The van der Waals surface area contributed by atoms with Crippen LogP contribution >= 0.6 is 0 Å². The Morgan fingerprint density at radius 1 is 1.00 bits per heavy atom. The lowest BCUT2D eigenvalue weighted by Gasteiger charge is -2.06. The number of rotatable bonds is 9. The zero-order valence-electron chi connectivity index (χ0n) is 15.5. The Balaban J connectivity index is 1.45. The van der Waals surface area contributed by atoms with E-state index < -0.39 is 15.7 Å². The number of ether oxygens (including phenoxy) is 1. The van der Waals surface area contributed by atoms with Crippen LogP contribution in [-0.2, 0) is 15.6 Å². The van der Waals surface area contributed by atoms with Crippen LogP contribution in [0.3, 0.4) is 0 Å². The Morgan fingerprint density at radius 2 is 1.72 bits per heavy atom. The van der Waals surface area contributed by atoms with E-state index in [1.54, 1.807) is 18.2 Å². The van der Waals surface area contributed by atoms with Crippen LogP contribution in [0.1, 0.15) is 22.7 Å². The average Bonchev–Trinajstić information content (AvgIpc) is 3.17. The molecule has 1 heterocycles. The van der Waals surface area contributed by atoms with Crippen LogP contribution in [0.15, 0.2) is 76.0 Å². The Morgan fingerprint density at radius 3 is 2.45 bits per heavy atom. The number of furan rings is 1. The van der Waals surface area contributed by atoms with Gasteiger partial charge in [0, 0.05) is 6.54 Å². The van der Waals surface area contributed by atoms with Crippen LogP contribution in [-0.4, -0.2) is 27.5 Å². The fraction of sp³-hybridized carbons (Fsp3) is 0.190. The number of nitrogens with one attached hydrogen (secondary N) is 1. The summed E-state index contributed by atoms with van der Waals surface area (Å²) < 4.78 is 48.4. The Kier molecular flexibility index (Phi) is 6.66. The summed E-state index contributed by atoms with van der Waals surface area (Å²) in [5.41, 5.74) is 0. The second kappa shape index (κ2) is 9.38. The minimum Gasteiger partial charge on any atom is -0.494 e. The highest BCUT2D eigenvalue weighted by Gasteiger charge is 2.19. The van der Waals surface area contributed by atoms with E-state index in [1.807, 2.05) is 0 Å². The van der Waals surface area contributed by atoms with Crippen molar-refractivity contribution in [1.82, 2.24) is 5.32 Å². The second-order valence-corrected chi connectivity index (χ2v) is 8.24. The smallest absolute Gasteiger partial charge is 0.286 e. The molecule has 0 saturated heterocycles. The van der Waals surface area contributed by atoms with Gasteiger partial charge < -0.3 is 14.5 Å². The Hall–Kier alpha value is -3.13. The molecule has 0 spiro atoms. The molecular formula is C21H20FNO5S. The summed E-state index contributed by atoms with van der Waals surface area (Å²) in [4.78, 5) is 12.3. The molecule has 2 aromatic carbocycles. The van der Waals surface area contributed by atoms with Gasteiger partial charge in [-0.3, -0.25) is 4.79 Å². The van der Waals surface area contributed by atoms with Gasteiger partial charge in [0.15, 0.2) is 15.6 Å². The van der Waals surface area contributed by atoms with Crippen molar-refractivity contribution >= 4 is 15.7 Å². The molecule has 3 rings (SSSR count). The number of hydrogen-bond donors (Lipinski definition) is 1. The lowest BCUT2D eigenvalue weighted by molar-refractivity contribution is 0.0922. The molecule has 0 bridgehead atoms. The fourth-order valence-electron chi connectivity index (χ4n) is 2.56. The summed E-state index contributed by atoms with van der Waals surface area (Å²) in [7, 11) is -3.54. The number of sulfone groups is 1. The van der Waals surface area contributed by atoms with Crippen molar-refractivity contribution in [3.63, 3.8) is 0 Å². The molecule has 0 aliphatic heterocycles. The molecule has 1 aromatic heterocycles. The molecular weight excluding hydrogens is 397 g/mol. The van der Waals surface area contributed by atoms with Gasteiger partial charge in [0.25, 0.3) is 5.91 Å². The van der Waals surface area contributed by atoms with Crippen LogP contribution in [0, 0.1) is 5.82 Å². The molecule has 0 unspecified atom stereocenters. The monoisotopic (exact) mass is 417 g/mol. The van der Waals surface area contributed by atoms with Crippen molar-refractivity contribution in [3.05, 3.63) is 84.1 Å². The predicted molar refractivity (Wildman–Crippen MR) is 105 cm³/mol. The van der Waals surface area contributed by atoms with E-state index >= 15 is 0 Å². The highest BCUT2D eigenvalue weighted by molar-refractivity contribution is 7.90. The molecule has 0 aliphatic rings. The summed E-state index contributed by atoms with van der Waals surface area (Å²) in [6.07, 6.45) is 0.541. The summed E-state index contributed by atoms with van der Waals surface area (Å²) in [6, 6.07) is 16.7. The molecule has 0 aliphatic carbocycles. The van der Waals surface area contributed by atoms with E-state index in [2.05, 4.69) is 5.32 Å². The van der Waals surface area contributed by atoms with Gasteiger partial charge in [-0.05, 0) is 55.0 Å². The van der Waals surface area contributed by atoms with Crippen molar-refractivity contribution in [1.29, 1.82) is 0 Å². The maximum atomic E-state index is 12.8. The van der Waals surface area contributed by atoms with Crippen LogP contribution in [0.5, 0.6) is 5.75 Å². The van der Waals surface area contributed by atoms with Gasteiger partial charge in [-0.2, -0.15) is 0 Å². The zero-order valence-corrected chi connectivity index (χ0v) is 16.3. The quantitative estimate of drug-likeness (QED) is 0.538. The van der Waals surface area contributed by atoms with Crippen LogP contribution < -0.4 is 10.1 Å². The molecule has 0 radical (unpaired) electrons. The van der Waals surface area contributed by atoms with Crippen molar-refractivity contribution in [2.75, 3.05) is 13.2 Å². The number of hydrogen-bond acceptors (Lipinski definition) is 5. The normalized spacial score (nSPS) is 11.2. The number of halogens is 1. The van der Waals surface area contributed by atoms with Gasteiger partial charge in [0.05, 0.1) is 11.5 Å². The van der Waals surface area contributed by atoms with Gasteiger partial charge >= 0.3 is 0 Å².